The zero-order chi connectivity index (χ0) is 11.1. The maximum atomic E-state index is 13.0. The van der Waals surface area contributed by atoms with Crippen LogP contribution in [0.1, 0.15) is 31.4 Å². The molecule has 0 unspecified atom stereocenters. The summed E-state index contributed by atoms with van der Waals surface area (Å²) in [4.78, 5) is 0. The lowest BCUT2D eigenvalue weighted by Crippen LogP contribution is -2.35. The van der Waals surface area contributed by atoms with Gasteiger partial charge in [0, 0.05) is 5.54 Å². The van der Waals surface area contributed by atoms with Crippen LogP contribution in [-0.4, -0.2) is 5.54 Å². The molecule has 0 fully saturated rings. The number of aryl methyl sites for hydroxylation is 1. The van der Waals surface area contributed by atoms with Crippen molar-refractivity contribution in [3.05, 3.63) is 40.7 Å². The Morgan fingerprint density at radius 2 is 2.00 bits per heavy atom. The molecule has 0 aliphatic heterocycles. The highest BCUT2D eigenvalue weighted by Crippen LogP contribution is 2.29. The Labute approximate surface area is 89.8 Å². The van der Waals surface area contributed by atoms with Crippen LogP contribution >= 0.6 is 0 Å². The van der Waals surface area contributed by atoms with E-state index in [1.54, 1.807) is 6.07 Å². The van der Waals surface area contributed by atoms with Gasteiger partial charge in [-0.1, -0.05) is 17.7 Å². The number of hydrogen-bond donors (Lipinski definition) is 1. The van der Waals surface area contributed by atoms with Crippen LogP contribution < -0.4 is 5.73 Å². The largest absolute Gasteiger partial charge is 0.322 e. The van der Waals surface area contributed by atoms with Crippen LogP contribution in [0.15, 0.2) is 23.8 Å². The average molecular weight is 205 g/mol. The number of benzene rings is 1. The molecule has 0 saturated carbocycles. The number of fused-ring (bicyclic) bond motifs is 1. The van der Waals surface area contributed by atoms with E-state index in [-0.39, 0.29) is 11.4 Å². The van der Waals surface area contributed by atoms with Gasteiger partial charge in [-0.05, 0) is 49.9 Å². The van der Waals surface area contributed by atoms with E-state index in [0.29, 0.717) is 0 Å². The second-order valence-electron chi connectivity index (χ2n) is 4.73. The van der Waals surface area contributed by atoms with Gasteiger partial charge >= 0.3 is 0 Å². The molecule has 2 N–H and O–H groups in total. The molecular formula is C13H16FN. The van der Waals surface area contributed by atoms with Crippen LogP contribution in [0.25, 0.3) is 6.08 Å². The molecule has 80 valence electrons. The van der Waals surface area contributed by atoms with Gasteiger partial charge in [0.1, 0.15) is 5.82 Å². The number of rotatable bonds is 1. The van der Waals surface area contributed by atoms with Gasteiger partial charge < -0.3 is 5.73 Å². The van der Waals surface area contributed by atoms with Crippen molar-refractivity contribution in [1.82, 2.24) is 0 Å². The SMILES string of the molecule is CC(C)(N)C1=Cc2ccc(F)cc2CC1. The third-order valence-corrected chi connectivity index (χ3v) is 2.93. The first-order valence-electron chi connectivity index (χ1n) is 5.25. The minimum Gasteiger partial charge on any atom is -0.322 e. The summed E-state index contributed by atoms with van der Waals surface area (Å²) in [5, 5.41) is 0. The normalized spacial score (nSPS) is 15.9. The number of nitrogens with two attached hydrogens (primary N) is 1. The lowest BCUT2D eigenvalue weighted by atomic mass is 9.83. The highest BCUT2D eigenvalue weighted by atomic mass is 19.1. The molecule has 0 saturated heterocycles. The summed E-state index contributed by atoms with van der Waals surface area (Å²) in [6, 6.07) is 4.95. The van der Waals surface area contributed by atoms with Gasteiger partial charge in [0.25, 0.3) is 0 Å². The van der Waals surface area contributed by atoms with Gasteiger partial charge in [-0.3, -0.25) is 0 Å². The second-order valence-corrected chi connectivity index (χ2v) is 4.73. The monoisotopic (exact) mass is 205 g/mol. The summed E-state index contributed by atoms with van der Waals surface area (Å²) in [5.41, 5.74) is 9.21. The molecule has 0 amide bonds. The molecule has 15 heavy (non-hydrogen) atoms. The Morgan fingerprint density at radius 1 is 1.27 bits per heavy atom. The maximum absolute atomic E-state index is 13.0. The van der Waals surface area contributed by atoms with Crippen molar-refractivity contribution in [3.8, 4) is 0 Å². The first-order valence-corrected chi connectivity index (χ1v) is 5.25. The molecule has 1 aliphatic carbocycles. The van der Waals surface area contributed by atoms with E-state index in [1.165, 1.54) is 11.6 Å². The number of hydrogen-bond acceptors (Lipinski definition) is 1. The van der Waals surface area contributed by atoms with E-state index in [1.807, 2.05) is 19.9 Å². The van der Waals surface area contributed by atoms with E-state index in [0.717, 1.165) is 24.0 Å². The second kappa shape index (κ2) is 3.46. The van der Waals surface area contributed by atoms with E-state index in [2.05, 4.69) is 6.08 Å². The summed E-state index contributed by atoms with van der Waals surface area (Å²) in [5.74, 6) is -0.155. The Bertz CT molecular complexity index is 413. The molecule has 1 nitrogen and oxygen atoms in total. The van der Waals surface area contributed by atoms with Gasteiger partial charge in [0.05, 0.1) is 0 Å². The molecule has 0 radical (unpaired) electrons. The minimum absolute atomic E-state index is 0.155. The quantitative estimate of drug-likeness (QED) is 0.749. The Kier molecular flexibility index (Phi) is 2.39. The smallest absolute Gasteiger partial charge is 0.123 e. The van der Waals surface area contributed by atoms with Crippen LogP contribution in [-0.2, 0) is 6.42 Å². The first-order chi connectivity index (χ1) is 6.97. The topological polar surface area (TPSA) is 26.0 Å². The standard InChI is InChI=1S/C13H16FN/c1-13(2,15)11-5-3-10-8-12(14)6-4-9(10)7-11/h4,6-8H,3,5,15H2,1-2H3. The maximum Gasteiger partial charge on any atom is 0.123 e. The predicted molar refractivity (Wildman–Crippen MR) is 61.0 cm³/mol. The van der Waals surface area contributed by atoms with Gasteiger partial charge in [0.2, 0.25) is 0 Å². The summed E-state index contributed by atoms with van der Waals surface area (Å²) < 4.78 is 13.0. The molecule has 0 heterocycles. The molecule has 0 aromatic heterocycles. The van der Waals surface area contributed by atoms with Crippen LogP contribution in [0.3, 0.4) is 0 Å². The van der Waals surface area contributed by atoms with Crippen molar-refractivity contribution >= 4 is 6.08 Å². The van der Waals surface area contributed by atoms with Crippen LogP contribution in [0.2, 0.25) is 0 Å². The Hall–Kier alpha value is -1.15. The lowest BCUT2D eigenvalue weighted by Gasteiger charge is -2.27. The molecule has 0 atom stereocenters. The van der Waals surface area contributed by atoms with E-state index < -0.39 is 0 Å². The average Bonchev–Trinajstić information content (AvgIpc) is 2.15. The van der Waals surface area contributed by atoms with Crippen LogP contribution in [0, 0.1) is 5.82 Å². The first kappa shape index (κ1) is 10.4. The summed E-state index contributed by atoms with van der Waals surface area (Å²) >= 11 is 0. The molecule has 2 rings (SSSR count). The van der Waals surface area contributed by atoms with Gasteiger partial charge in [-0.2, -0.15) is 0 Å². The van der Waals surface area contributed by atoms with Crippen molar-refractivity contribution in [2.75, 3.05) is 0 Å². The van der Waals surface area contributed by atoms with E-state index in [9.17, 15) is 4.39 Å². The summed E-state index contributed by atoms with van der Waals surface area (Å²) in [6.07, 6.45) is 3.91. The fraction of sp³-hybridized carbons (Fsp3) is 0.385. The molecule has 0 bridgehead atoms. The summed E-state index contributed by atoms with van der Waals surface area (Å²) in [6.45, 7) is 4.01. The minimum atomic E-state index is -0.272. The van der Waals surface area contributed by atoms with Gasteiger partial charge in [-0.25, -0.2) is 4.39 Å². The van der Waals surface area contributed by atoms with Crippen molar-refractivity contribution in [3.63, 3.8) is 0 Å². The lowest BCUT2D eigenvalue weighted by molar-refractivity contribution is 0.581. The van der Waals surface area contributed by atoms with Crippen LogP contribution in [0.4, 0.5) is 4.39 Å². The third-order valence-electron chi connectivity index (χ3n) is 2.93. The highest BCUT2D eigenvalue weighted by Gasteiger charge is 2.21. The van der Waals surface area contributed by atoms with Crippen molar-refractivity contribution in [2.24, 2.45) is 5.73 Å². The predicted octanol–water partition coefficient (Wildman–Crippen LogP) is 2.89. The Morgan fingerprint density at radius 3 is 2.67 bits per heavy atom. The highest BCUT2D eigenvalue weighted by molar-refractivity contribution is 5.61. The zero-order valence-electron chi connectivity index (χ0n) is 9.18. The van der Waals surface area contributed by atoms with Gasteiger partial charge in [0.15, 0.2) is 0 Å². The molecule has 1 aliphatic rings. The molecular weight excluding hydrogens is 189 g/mol. The van der Waals surface area contributed by atoms with Crippen molar-refractivity contribution in [1.29, 1.82) is 0 Å². The Balaban J connectivity index is 2.42. The molecule has 0 spiro atoms. The van der Waals surface area contributed by atoms with Crippen molar-refractivity contribution < 1.29 is 4.39 Å². The number of halogens is 1. The fourth-order valence-corrected chi connectivity index (χ4v) is 1.97. The fourth-order valence-electron chi connectivity index (χ4n) is 1.97. The third kappa shape index (κ3) is 2.10. The van der Waals surface area contributed by atoms with E-state index in [4.69, 9.17) is 5.73 Å². The van der Waals surface area contributed by atoms with Crippen molar-refractivity contribution in [2.45, 2.75) is 32.2 Å². The zero-order valence-corrected chi connectivity index (χ0v) is 9.18. The van der Waals surface area contributed by atoms with Gasteiger partial charge in [-0.15, -0.1) is 0 Å². The van der Waals surface area contributed by atoms with Crippen LogP contribution in [0.5, 0.6) is 0 Å². The molecule has 1 aromatic carbocycles. The molecule has 1 aromatic rings. The molecule has 2 heteroatoms. The summed E-state index contributed by atoms with van der Waals surface area (Å²) in [7, 11) is 0. The van der Waals surface area contributed by atoms with E-state index >= 15 is 0 Å².